The highest BCUT2D eigenvalue weighted by Gasteiger charge is 2.17. The molecule has 0 heterocycles. The Bertz CT molecular complexity index is 1040. The summed E-state index contributed by atoms with van der Waals surface area (Å²) in [4.78, 5) is 24.9. The van der Waals surface area contributed by atoms with Crippen LogP contribution in [0, 0.1) is 0 Å². The zero-order valence-electron chi connectivity index (χ0n) is 18.3. The van der Waals surface area contributed by atoms with Crippen LogP contribution in [0.1, 0.15) is 22.3 Å². The van der Waals surface area contributed by atoms with E-state index in [1.165, 1.54) is 21.3 Å². The molecule has 0 aliphatic heterocycles. The van der Waals surface area contributed by atoms with E-state index in [1.807, 2.05) is 30.3 Å². The van der Waals surface area contributed by atoms with E-state index in [4.69, 9.17) is 14.2 Å². The number of anilines is 2. The minimum Gasteiger partial charge on any atom is -0.493 e. The maximum atomic E-state index is 12.7. The average Bonchev–Trinajstić information content (AvgIpc) is 2.83. The van der Waals surface area contributed by atoms with Gasteiger partial charge in [0.15, 0.2) is 11.5 Å². The standard InChI is InChI=1S/C25H26N2O5/c1-30-21-15-18(16-22(31-2)24(21)32-3)25(29)27-20-12-10-19(11-13-20)26-23(28)14-9-17-7-5-4-6-8-17/h4-8,10-13,15-16H,9,14H2,1-3H3,(H,26,28)(H,27,29). The SMILES string of the molecule is COc1cc(C(=O)Nc2ccc(NC(=O)CCc3ccccc3)cc2)cc(OC)c1OC. The summed E-state index contributed by atoms with van der Waals surface area (Å²) in [6.45, 7) is 0. The number of carbonyl (C=O) groups excluding carboxylic acids is 2. The molecule has 0 atom stereocenters. The fourth-order valence-corrected chi connectivity index (χ4v) is 3.18. The molecule has 32 heavy (non-hydrogen) atoms. The second kappa shape index (κ2) is 10.9. The van der Waals surface area contributed by atoms with Gasteiger partial charge >= 0.3 is 0 Å². The third-order valence-corrected chi connectivity index (χ3v) is 4.84. The first-order valence-corrected chi connectivity index (χ1v) is 10.1. The lowest BCUT2D eigenvalue weighted by Crippen LogP contribution is -2.14. The summed E-state index contributed by atoms with van der Waals surface area (Å²) in [7, 11) is 4.49. The van der Waals surface area contributed by atoms with Gasteiger partial charge in [-0.3, -0.25) is 9.59 Å². The highest BCUT2D eigenvalue weighted by molar-refractivity contribution is 6.05. The van der Waals surface area contributed by atoms with Gasteiger partial charge in [0.25, 0.3) is 5.91 Å². The monoisotopic (exact) mass is 434 g/mol. The molecule has 2 N–H and O–H groups in total. The smallest absolute Gasteiger partial charge is 0.255 e. The zero-order valence-corrected chi connectivity index (χ0v) is 18.3. The van der Waals surface area contributed by atoms with Gasteiger partial charge in [-0.15, -0.1) is 0 Å². The van der Waals surface area contributed by atoms with Crippen molar-refractivity contribution in [2.45, 2.75) is 12.8 Å². The Hall–Kier alpha value is -4.00. The van der Waals surface area contributed by atoms with Gasteiger partial charge in [0.1, 0.15) is 0 Å². The summed E-state index contributed by atoms with van der Waals surface area (Å²) in [5.41, 5.74) is 2.73. The molecule has 166 valence electrons. The van der Waals surface area contributed by atoms with Gasteiger partial charge in [0, 0.05) is 23.4 Å². The molecule has 0 aliphatic carbocycles. The van der Waals surface area contributed by atoms with Gasteiger partial charge in [-0.05, 0) is 48.4 Å². The van der Waals surface area contributed by atoms with Crippen LogP contribution in [0.2, 0.25) is 0 Å². The van der Waals surface area contributed by atoms with Gasteiger partial charge in [0.05, 0.1) is 21.3 Å². The Labute approximate surface area is 187 Å². The van der Waals surface area contributed by atoms with Crippen LogP contribution in [-0.2, 0) is 11.2 Å². The van der Waals surface area contributed by atoms with Crippen LogP contribution >= 0.6 is 0 Å². The summed E-state index contributed by atoms with van der Waals surface area (Å²) in [5.74, 6) is 0.807. The molecule has 0 spiro atoms. The number of ether oxygens (including phenoxy) is 3. The molecular weight excluding hydrogens is 408 g/mol. The second-order valence-corrected chi connectivity index (χ2v) is 6.98. The molecule has 7 heteroatoms. The van der Waals surface area contributed by atoms with Crippen LogP contribution in [0.25, 0.3) is 0 Å². The number of benzene rings is 3. The first-order valence-electron chi connectivity index (χ1n) is 10.1. The molecular formula is C25H26N2O5. The summed E-state index contributed by atoms with van der Waals surface area (Å²) >= 11 is 0. The number of amides is 2. The number of aryl methyl sites for hydroxylation is 1. The maximum absolute atomic E-state index is 12.7. The number of carbonyl (C=O) groups is 2. The van der Waals surface area contributed by atoms with Crippen molar-refractivity contribution in [3.8, 4) is 17.2 Å². The molecule has 2 amide bonds. The number of rotatable bonds is 9. The molecule has 0 bridgehead atoms. The van der Waals surface area contributed by atoms with Gasteiger partial charge in [0.2, 0.25) is 11.7 Å². The van der Waals surface area contributed by atoms with E-state index >= 15 is 0 Å². The molecule has 7 nitrogen and oxygen atoms in total. The fraction of sp³-hybridized carbons (Fsp3) is 0.200. The van der Waals surface area contributed by atoms with Crippen LogP contribution in [0.15, 0.2) is 66.7 Å². The van der Waals surface area contributed by atoms with E-state index in [2.05, 4.69) is 10.6 Å². The van der Waals surface area contributed by atoms with Crippen molar-refractivity contribution in [1.82, 2.24) is 0 Å². The molecule has 0 unspecified atom stereocenters. The summed E-state index contributed by atoms with van der Waals surface area (Å²) in [6.07, 6.45) is 1.07. The molecule has 0 fully saturated rings. The van der Waals surface area contributed by atoms with E-state index in [0.717, 1.165) is 5.56 Å². The number of methoxy groups -OCH3 is 3. The van der Waals surface area contributed by atoms with Crippen molar-refractivity contribution in [3.63, 3.8) is 0 Å². The van der Waals surface area contributed by atoms with Crippen LogP contribution in [0.4, 0.5) is 11.4 Å². The highest BCUT2D eigenvalue weighted by atomic mass is 16.5. The molecule has 3 aromatic carbocycles. The molecule has 3 rings (SSSR count). The predicted octanol–water partition coefficient (Wildman–Crippen LogP) is 4.54. The lowest BCUT2D eigenvalue weighted by molar-refractivity contribution is -0.116. The number of hydrogen-bond acceptors (Lipinski definition) is 5. The van der Waals surface area contributed by atoms with Gasteiger partial charge in [-0.2, -0.15) is 0 Å². The molecule has 3 aromatic rings. The summed E-state index contributed by atoms with van der Waals surface area (Å²) in [6, 6.07) is 20.0. The third-order valence-electron chi connectivity index (χ3n) is 4.84. The van der Waals surface area contributed by atoms with Crippen molar-refractivity contribution in [1.29, 1.82) is 0 Å². The maximum Gasteiger partial charge on any atom is 0.255 e. The first-order chi connectivity index (χ1) is 15.5. The van der Waals surface area contributed by atoms with Crippen LogP contribution in [0.5, 0.6) is 17.2 Å². The average molecular weight is 434 g/mol. The topological polar surface area (TPSA) is 85.9 Å². The van der Waals surface area contributed by atoms with E-state index < -0.39 is 0 Å². The summed E-state index contributed by atoms with van der Waals surface area (Å²) in [5, 5.41) is 5.69. The Kier molecular flexibility index (Phi) is 7.70. The van der Waals surface area contributed by atoms with Crippen LogP contribution in [0.3, 0.4) is 0 Å². The molecule has 0 aliphatic rings. The van der Waals surface area contributed by atoms with Crippen LogP contribution < -0.4 is 24.8 Å². The zero-order chi connectivity index (χ0) is 22.9. The Morgan fingerprint density at radius 1 is 0.750 bits per heavy atom. The predicted molar refractivity (Wildman–Crippen MR) is 124 cm³/mol. The Morgan fingerprint density at radius 3 is 1.84 bits per heavy atom. The fourth-order valence-electron chi connectivity index (χ4n) is 3.18. The Morgan fingerprint density at radius 2 is 1.31 bits per heavy atom. The van der Waals surface area contributed by atoms with Gasteiger partial charge in [-0.25, -0.2) is 0 Å². The Balaban J connectivity index is 1.60. The first kappa shape index (κ1) is 22.7. The van der Waals surface area contributed by atoms with E-state index in [-0.39, 0.29) is 11.8 Å². The summed E-state index contributed by atoms with van der Waals surface area (Å²) < 4.78 is 15.9. The second-order valence-electron chi connectivity index (χ2n) is 6.98. The van der Waals surface area contributed by atoms with E-state index in [9.17, 15) is 9.59 Å². The largest absolute Gasteiger partial charge is 0.493 e. The van der Waals surface area contributed by atoms with Gasteiger partial charge in [-0.1, -0.05) is 30.3 Å². The minimum absolute atomic E-state index is 0.0666. The van der Waals surface area contributed by atoms with Crippen molar-refractivity contribution in [2.24, 2.45) is 0 Å². The number of nitrogens with one attached hydrogen (secondary N) is 2. The highest BCUT2D eigenvalue weighted by Crippen LogP contribution is 2.38. The lowest BCUT2D eigenvalue weighted by Gasteiger charge is -2.14. The van der Waals surface area contributed by atoms with E-state index in [0.29, 0.717) is 47.0 Å². The normalized spacial score (nSPS) is 10.2. The lowest BCUT2D eigenvalue weighted by atomic mass is 10.1. The molecule has 0 aromatic heterocycles. The number of hydrogen-bond donors (Lipinski definition) is 2. The minimum atomic E-state index is -0.330. The molecule has 0 saturated carbocycles. The van der Waals surface area contributed by atoms with Crippen LogP contribution in [-0.4, -0.2) is 33.1 Å². The van der Waals surface area contributed by atoms with Crippen molar-refractivity contribution in [2.75, 3.05) is 32.0 Å². The van der Waals surface area contributed by atoms with Crippen molar-refractivity contribution >= 4 is 23.2 Å². The van der Waals surface area contributed by atoms with Crippen molar-refractivity contribution < 1.29 is 23.8 Å². The molecule has 0 radical (unpaired) electrons. The van der Waals surface area contributed by atoms with Crippen molar-refractivity contribution in [3.05, 3.63) is 77.9 Å². The molecule has 0 saturated heterocycles. The third kappa shape index (κ3) is 5.78. The van der Waals surface area contributed by atoms with Gasteiger partial charge < -0.3 is 24.8 Å². The quantitative estimate of drug-likeness (QED) is 0.517. The van der Waals surface area contributed by atoms with E-state index in [1.54, 1.807) is 36.4 Å².